The average Bonchev–Trinajstić information content (AvgIpc) is 2.93. The fourth-order valence-electron chi connectivity index (χ4n) is 1.78. The van der Waals surface area contributed by atoms with Gasteiger partial charge in [0.05, 0.1) is 18.3 Å². The molecule has 0 fully saturated rings. The van der Waals surface area contributed by atoms with Gasteiger partial charge in [-0.2, -0.15) is 5.10 Å². The van der Waals surface area contributed by atoms with Crippen molar-refractivity contribution in [3.8, 4) is 0 Å². The van der Waals surface area contributed by atoms with Crippen LogP contribution in [-0.4, -0.2) is 38.7 Å². The minimum Gasteiger partial charge on any atom is -0.337 e. The summed E-state index contributed by atoms with van der Waals surface area (Å²) in [5.74, 6) is -0.917. The number of amides is 1. The van der Waals surface area contributed by atoms with Crippen LogP contribution < -0.4 is 0 Å². The van der Waals surface area contributed by atoms with E-state index in [-0.39, 0.29) is 11.5 Å². The number of halogens is 1. The zero-order valence-electron chi connectivity index (χ0n) is 10.7. The van der Waals surface area contributed by atoms with Crippen molar-refractivity contribution in [3.05, 3.63) is 48.3 Å². The van der Waals surface area contributed by atoms with Crippen LogP contribution in [0.25, 0.3) is 0 Å². The van der Waals surface area contributed by atoms with E-state index in [4.69, 9.17) is 0 Å². The summed E-state index contributed by atoms with van der Waals surface area (Å²) in [6.45, 7) is 3.44. The number of aromatic nitrogens is 3. The van der Waals surface area contributed by atoms with Gasteiger partial charge in [-0.15, -0.1) is 0 Å². The van der Waals surface area contributed by atoms with E-state index in [9.17, 15) is 9.18 Å². The molecule has 0 aliphatic heterocycles. The quantitative estimate of drug-likeness (QED) is 0.822. The summed E-state index contributed by atoms with van der Waals surface area (Å²) in [6, 6.07) is 3.22. The lowest BCUT2D eigenvalue weighted by atomic mass is 10.2. The Balaban J connectivity index is 2.05. The molecule has 0 radical (unpaired) electrons. The molecule has 0 bridgehead atoms. The highest BCUT2D eigenvalue weighted by molar-refractivity contribution is 5.94. The maximum atomic E-state index is 13.5. The Kier molecular flexibility index (Phi) is 4.22. The molecule has 0 unspecified atom stereocenters. The molecule has 1 amide bonds. The van der Waals surface area contributed by atoms with Crippen LogP contribution in [0.5, 0.6) is 0 Å². The van der Waals surface area contributed by atoms with Gasteiger partial charge in [0, 0.05) is 31.7 Å². The molecule has 0 aliphatic carbocycles. The van der Waals surface area contributed by atoms with Gasteiger partial charge >= 0.3 is 0 Å². The topological polar surface area (TPSA) is 51.0 Å². The van der Waals surface area contributed by atoms with Crippen LogP contribution in [0.1, 0.15) is 17.3 Å². The second kappa shape index (κ2) is 6.08. The molecule has 0 saturated heterocycles. The monoisotopic (exact) mass is 262 g/mol. The molecule has 0 aliphatic rings. The number of hydrogen-bond donors (Lipinski definition) is 0. The molecule has 0 aromatic carbocycles. The Hall–Kier alpha value is -2.24. The van der Waals surface area contributed by atoms with Gasteiger partial charge in [-0.25, -0.2) is 4.39 Å². The highest BCUT2D eigenvalue weighted by Crippen LogP contribution is 2.08. The summed E-state index contributed by atoms with van der Waals surface area (Å²) >= 11 is 0. The molecular formula is C13H15FN4O. The normalized spacial score (nSPS) is 10.4. The molecule has 0 spiro atoms. The third-order valence-corrected chi connectivity index (χ3v) is 2.83. The Morgan fingerprint density at radius 1 is 1.47 bits per heavy atom. The van der Waals surface area contributed by atoms with Crippen molar-refractivity contribution in [1.29, 1.82) is 0 Å². The molecule has 19 heavy (non-hydrogen) atoms. The largest absolute Gasteiger partial charge is 0.337 e. The molecule has 6 heteroatoms. The summed E-state index contributed by atoms with van der Waals surface area (Å²) < 4.78 is 15.3. The third-order valence-electron chi connectivity index (χ3n) is 2.83. The number of hydrogen-bond acceptors (Lipinski definition) is 3. The van der Waals surface area contributed by atoms with Crippen molar-refractivity contribution in [2.24, 2.45) is 0 Å². The van der Waals surface area contributed by atoms with E-state index in [0.29, 0.717) is 19.6 Å². The summed E-state index contributed by atoms with van der Waals surface area (Å²) in [7, 11) is 0. The van der Waals surface area contributed by atoms with E-state index >= 15 is 0 Å². The lowest BCUT2D eigenvalue weighted by molar-refractivity contribution is 0.0752. The minimum atomic E-state index is -0.593. The molecule has 2 rings (SSSR count). The molecule has 0 atom stereocenters. The zero-order chi connectivity index (χ0) is 13.7. The standard InChI is InChI=1S/C13H15FN4O/c1-2-17(8-9-18-7-3-5-16-18)13(19)11-4-6-15-10-12(11)14/h3-7,10H,2,8-9H2,1H3. The van der Waals surface area contributed by atoms with Gasteiger partial charge in [0.1, 0.15) is 0 Å². The van der Waals surface area contributed by atoms with Crippen molar-refractivity contribution in [3.63, 3.8) is 0 Å². The Bertz CT molecular complexity index is 541. The first kappa shape index (κ1) is 13.2. The van der Waals surface area contributed by atoms with Crippen LogP contribution >= 0.6 is 0 Å². The van der Waals surface area contributed by atoms with Crippen molar-refractivity contribution in [1.82, 2.24) is 19.7 Å². The molecule has 2 aromatic heterocycles. The van der Waals surface area contributed by atoms with Crippen molar-refractivity contribution >= 4 is 5.91 Å². The van der Waals surface area contributed by atoms with Crippen molar-refractivity contribution in [2.45, 2.75) is 13.5 Å². The van der Waals surface area contributed by atoms with Gasteiger partial charge in [0.15, 0.2) is 5.82 Å². The second-order valence-electron chi connectivity index (χ2n) is 4.01. The molecule has 100 valence electrons. The first-order valence-corrected chi connectivity index (χ1v) is 6.08. The first-order chi connectivity index (χ1) is 9.22. The number of carbonyl (C=O) groups is 1. The number of rotatable bonds is 5. The van der Waals surface area contributed by atoms with Crippen LogP contribution in [-0.2, 0) is 6.54 Å². The highest BCUT2D eigenvalue weighted by Gasteiger charge is 2.17. The van der Waals surface area contributed by atoms with Crippen molar-refractivity contribution < 1.29 is 9.18 Å². The third kappa shape index (κ3) is 3.15. The number of nitrogens with zero attached hydrogens (tertiary/aromatic N) is 4. The van der Waals surface area contributed by atoms with E-state index in [1.54, 1.807) is 15.8 Å². The van der Waals surface area contributed by atoms with Crippen LogP contribution in [0.3, 0.4) is 0 Å². The fourth-order valence-corrected chi connectivity index (χ4v) is 1.78. The van der Waals surface area contributed by atoms with E-state index < -0.39 is 5.82 Å². The van der Waals surface area contributed by atoms with Gasteiger partial charge < -0.3 is 4.90 Å². The lowest BCUT2D eigenvalue weighted by Crippen LogP contribution is -2.34. The van der Waals surface area contributed by atoms with Gasteiger partial charge in [-0.3, -0.25) is 14.5 Å². The molecule has 0 N–H and O–H groups in total. The number of likely N-dealkylation sites (N-methyl/N-ethyl adjacent to an activating group) is 1. The van der Waals surface area contributed by atoms with Crippen LogP contribution in [0, 0.1) is 5.82 Å². The van der Waals surface area contributed by atoms with Crippen LogP contribution in [0.15, 0.2) is 36.9 Å². The van der Waals surface area contributed by atoms with E-state index in [1.165, 1.54) is 12.3 Å². The van der Waals surface area contributed by atoms with E-state index in [0.717, 1.165) is 6.20 Å². The molecule has 2 heterocycles. The minimum absolute atomic E-state index is 0.0531. The smallest absolute Gasteiger partial charge is 0.256 e. The number of carbonyl (C=O) groups excluding carboxylic acids is 1. The molecule has 2 aromatic rings. The van der Waals surface area contributed by atoms with Crippen LogP contribution in [0.2, 0.25) is 0 Å². The predicted octanol–water partition coefficient (Wildman–Crippen LogP) is 1.58. The van der Waals surface area contributed by atoms with E-state index in [2.05, 4.69) is 10.1 Å². The first-order valence-electron chi connectivity index (χ1n) is 6.08. The SMILES string of the molecule is CCN(CCn1cccn1)C(=O)c1ccncc1F. The zero-order valence-corrected chi connectivity index (χ0v) is 10.7. The second-order valence-corrected chi connectivity index (χ2v) is 4.01. The van der Waals surface area contributed by atoms with E-state index in [1.807, 2.05) is 19.2 Å². The summed E-state index contributed by atoms with van der Waals surface area (Å²) in [6.07, 6.45) is 5.97. The fraction of sp³-hybridized carbons (Fsp3) is 0.308. The van der Waals surface area contributed by atoms with Crippen LogP contribution in [0.4, 0.5) is 4.39 Å². The highest BCUT2D eigenvalue weighted by atomic mass is 19.1. The summed E-state index contributed by atoms with van der Waals surface area (Å²) in [4.78, 5) is 17.4. The van der Waals surface area contributed by atoms with Gasteiger partial charge in [-0.05, 0) is 19.1 Å². The maximum Gasteiger partial charge on any atom is 0.256 e. The Morgan fingerprint density at radius 3 is 2.95 bits per heavy atom. The van der Waals surface area contributed by atoms with Gasteiger partial charge in [0.25, 0.3) is 5.91 Å². The maximum absolute atomic E-state index is 13.5. The average molecular weight is 262 g/mol. The molecular weight excluding hydrogens is 247 g/mol. The summed E-state index contributed by atoms with van der Waals surface area (Å²) in [5, 5.41) is 4.07. The number of pyridine rings is 1. The van der Waals surface area contributed by atoms with Gasteiger partial charge in [-0.1, -0.05) is 0 Å². The lowest BCUT2D eigenvalue weighted by Gasteiger charge is -2.21. The molecule has 0 saturated carbocycles. The Labute approximate surface area is 110 Å². The predicted molar refractivity (Wildman–Crippen MR) is 68.0 cm³/mol. The molecule has 5 nitrogen and oxygen atoms in total. The summed E-state index contributed by atoms with van der Waals surface area (Å²) in [5.41, 5.74) is 0.0531. The van der Waals surface area contributed by atoms with Crippen molar-refractivity contribution in [2.75, 3.05) is 13.1 Å². The Morgan fingerprint density at radius 2 is 2.32 bits per heavy atom. The van der Waals surface area contributed by atoms with Gasteiger partial charge in [0.2, 0.25) is 0 Å².